The van der Waals surface area contributed by atoms with Crippen LogP contribution in [0.25, 0.3) is 0 Å². The highest BCUT2D eigenvalue weighted by atomic mass is 16.4. The Morgan fingerprint density at radius 1 is 1.18 bits per heavy atom. The number of piperidine rings is 1. The molecule has 11 heavy (non-hydrogen) atoms. The minimum Gasteiger partial charge on any atom is -0.465 e. The molecule has 1 aliphatic rings. The van der Waals surface area contributed by atoms with Gasteiger partial charge in [0.1, 0.15) is 6.79 Å². The van der Waals surface area contributed by atoms with E-state index in [0.717, 1.165) is 25.9 Å². The molecule has 1 saturated heterocycles. The van der Waals surface area contributed by atoms with Crippen LogP contribution in [-0.2, 0) is 4.79 Å². The van der Waals surface area contributed by atoms with E-state index < -0.39 is 6.09 Å². The summed E-state index contributed by atoms with van der Waals surface area (Å²) in [5.74, 6) is 0. The van der Waals surface area contributed by atoms with Crippen molar-refractivity contribution in [3.8, 4) is 0 Å². The smallest absolute Gasteiger partial charge is 0.407 e. The molecule has 1 heterocycles. The summed E-state index contributed by atoms with van der Waals surface area (Å²) in [6.07, 6.45) is 2.48. The fourth-order valence-electron chi connectivity index (χ4n) is 1.09. The van der Waals surface area contributed by atoms with Crippen molar-refractivity contribution in [2.45, 2.75) is 19.3 Å². The monoisotopic (exact) mass is 159 g/mol. The number of nitrogens with zero attached hydrogens (tertiary/aromatic N) is 1. The van der Waals surface area contributed by atoms with E-state index in [1.807, 2.05) is 6.79 Å². The zero-order chi connectivity index (χ0) is 8.69. The van der Waals surface area contributed by atoms with E-state index in [0.29, 0.717) is 0 Å². The Labute approximate surface area is 65.8 Å². The molecular weight excluding hydrogens is 146 g/mol. The summed E-state index contributed by atoms with van der Waals surface area (Å²) in [7, 11) is 0. The Morgan fingerprint density at radius 2 is 1.64 bits per heavy atom. The van der Waals surface area contributed by atoms with Gasteiger partial charge < -0.3 is 14.8 Å². The number of likely N-dealkylation sites (tertiary alicyclic amines) is 1. The van der Waals surface area contributed by atoms with Gasteiger partial charge in [0.2, 0.25) is 0 Å². The van der Waals surface area contributed by atoms with Crippen LogP contribution in [0, 0.1) is 0 Å². The van der Waals surface area contributed by atoms with Gasteiger partial charge in [-0.1, -0.05) is 0 Å². The quantitative estimate of drug-likeness (QED) is 0.572. The van der Waals surface area contributed by atoms with Crippen LogP contribution >= 0.6 is 0 Å². The second-order valence-electron chi connectivity index (χ2n) is 2.33. The highest BCUT2D eigenvalue weighted by Gasteiger charge is 2.13. The molecule has 0 atom stereocenters. The SMILES string of the molecule is C=O.O=C(O)N1CCCCC1. The average Bonchev–Trinajstić information content (AvgIpc) is 2.10. The first-order chi connectivity index (χ1) is 5.30. The molecule has 1 rings (SSSR count). The van der Waals surface area contributed by atoms with E-state index in [2.05, 4.69) is 0 Å². The van der Waals surface area contributed by atoms with Crippen LogP contribution in [0.15, 0.2) is 0 Å². The summed E-state index contributed by atoms with van der Waals surface area (Å²) >= 11 is 0. The molecule has 0 bridgehead atoms. The fourth-order valence-corrected chi connectivity index (χ4v) is 1.09. The second-order valence-corrected chi connectivity index (χ2v) is 2.33. The van der Waals surface area contributed by atoms with Gasteiger partial charge in [-0.15, -0.1) is 0 Å². The minimum absolute atomic E-state index is 0.731. The molecule has 1 aliphatic heterocycles. The first-order valence-electron chi connectivity index (χ1n) is 3.57. The van der Waals surface area contributed by atoms with E-state index in [-0.39, 0.29) is 0 Å². The maximum absolute atomic E-state index is 10.3. The maximum atomic E-state index is 10.3. The minimum atomic E-state index is -0.769. The lowest BCUT2D eigenvalue weighted by Gasteiger charge is -2.22. The second kappa shape index (κ2) is 5.70. The van der Waals surface area contributed by atoms with Gasteiger partial charge in [-0.2, -0.15) is 0 Å². The zero-order valence-corrected chi connectivity index (χ0v) is 6.45. The first-order valence-corrected chi connectivity index (χ1v) is 3.57. The molecule has 0 aromatic carbocycles. The summed E-state index contributed by atoms with van der Waals surface area (Å²) in [6.45, 7) is 3.46. The number of carbonyl (C=O) groups is 2. The van der Waals surface area contributed by atoms with Crippen molar-refractivity contribution in [2.24, 2.45) is 0 Å². The Kier molecular flexibility index (Phi) is 5.15. The van der Waals surface area contributed by atoms with Crippen LogP contribution in [0.3, 0.4) is 0 Å². The van der Waals surface area contributed by atoms with Crippen molar-refractivity contribution < 1.29 is 14.7 Å². The predicted octanol–water partition coefficient (Wildman–Crippen LogP) is 0.965. The number of amides is 1. The van der Waals surface area contributed by atoms with Gasteiger partial charge in [0.05, 0.1) is 0 Å². The van der Waals surface area contributed by atoms with Gasteiger partial charge in [-0.05, 0) is 19.3 Å². The maximum Gasteiger partial charge on any atom is 0.407 e. The molecule has 4 nitrogen and oxygen atoms in total. The number of carboxylic acid groups (broad SMARTS) is 1. The van der Waals surface area contributed by atoms with Gasteiger partial charge >= 0.3 is 6.09 Å². The Bertz CT molecular complexity index is 121. The van der Waals surface area contributed by atoms with E-state index in [1.165, 1.54) is 11.3 Å². The third kappa shape index (κ3) is 3.60. The normalized spacial score (nSPS) is 16.5. The van der Waals surface area contributed by atoms with Crippen molar-refractivity contribution in [1.82, 2.24) is 4.90 Å². The lowest BCUT2D eigenvalue weighted by Crippen LogP contribution is -2.34. The first kappa shape index (κ1) is 9.94. The van der Waals surface area contributed by atoms with Gasteiger partial charge in [-0.25, -0.2) is 4.79 Å². The predicted molar refractivity (Wildman–Crippen MR) is 40.6 cm³/mol. The van der Waals surface area contributed by atoms with Crippen molar-refractivity contribution in [1.29, 1.82) is 0 Å². The Hall–Kier alpha value is -1.06. The molecule has 0 aliphatic carbocycles. The molecular formula is C7H13NO3. The van der Waals surface area contributed by atoms with Gasteiger partial charge in [0, 0.05) is 13.1 Å². The van der Waals surface area contributed by atoms with Crippen LogP contribution in [0.4, 0.5) is 4.79 Å². The van der Waals surface area contributed by atoms with Crippen LogP contribution in [0.5, 0.6) is 0 Å². The molecule has 1 fully saturated rings. The Morgan fingerprint density at radius 3 is 1.91 bits per heavy atom. The fraction of sp³-hybridized carbons (Fsp3) is 0.714. The van der Waals surface area contributed by atoms with Crippen molar-refractivity contribution in [2.75, 3.05) is 13.1 Å². The molecule has 0 saturated carbocycles. The molecule has 0 unspecified atom stereocenters. The van der Waals surface area contributed by atoms with E-state index >= 15 is 0 Å². The van der Waals surface area contributed by atoms with Gasteiger partial charge in [-0.3, -0.25) is 0 Å². The summed E-state index contributed by atoms with van der Waals surface area (Å²) in [5, 5.41) is 8.46. The molecule has 0 aromatic heterocycles. The summed E-state index contributed by atoms with van der Waals surface area (Å²) in [5.41, 5.74) is 0. The Balaban J connectivity index is 0.000000461. The number of hydrogen-bond donors (Lipinski definition) is 1. The summed E-state index contributed by atoms with van der Waals surface area (Å²) < 4.78 is 0. The van der Waals surface area contributed by atoms with E-state index in [4.69, 9.17) is 9.90 Å². The van der Waals surface area contributed by atoms with Crippen LogP contribution < -0.4 is 0 Å². The number of carbonyl (C=O) groups excluding carboxylic acids is 1. The van der Waals surface area contributed by atoms with Crippen molar-refractivity contribution in [3.63, 3.8) is 0 Å². The highest BCUT2D eigenvalue weighted by Crippen LogP contribution is 2.07. The molecule has 0 radical (unpaired) electrons. The standard InChI is InChI=1S/C6H11NO2.CH2O/c8-6(9)7-4-2-1-3-5-7;1-2/h1-5H2,(H,8,9);1H2. The molecule has 1 N–H and O–H groups in total. The summed E-state index contributed by atoms with van der Waals surface area (Å²) in [6, 6.07) is 0. The average molecular weight is 159 g/mol. The number of hydrogen-bond acceptors (Lipinski definition) is 2. The molecule has 1 amide bonds. The van der Waals surface area contributed by atoms with E-state index in [9.17, 15) is 4.79 Å². The number of rotatable bonds is 0. The van der Waals surface area contributed by atoms with Gasteiger partial charge in [0.25, 0.3) is 0 Å². The van der Waals surface area contributed by atoms with E-state index in [1.54, 1.807) is 0 Å². The van der Waals surface area contributed by atoms with Crippen molar-refractivity contribution >= 4 is 12.9 Å². The molecule has 64 valence electrons. The largest absolute Gasteiger partial charge is 0.465 e. The lowest BCUT2D eigenvalue weighted by atomic mass is 10.1. The van der Waals surface area contributed by atoms with Crippen molar-refractivity contribution in [3.05, 3.63) is 0 Å². The van der Waals surface area contributed by atoms with Crippen LogP contribution in [0.2, 0.25) is 0 Å². The third-order valence-electron chi connectivity index (χ3n) is 1.63. The third-order valence-corrected chi connectivity index (χ3v) is 1.63. The topological polar surface area (TPSA) is 57.6 Å². The lowest BCUT2D eigenvalue weighted by molar-refractivity contribution is -0.0979. The molecule has 0 spiro atoms. The zero-order valence-electron chi connectivity index (χ0n) is 6.45. The molecule has 4 heteroatoms. The summed E-state index contributed by atoms with van der Waals surface area (Å²) in [4.78, 5) is 19.8. The molecule has 0 aromatic rings. The van der Waals surface area contributed by atoms with Gasteiger partial charge in [0.15, 0.2) is 0 Å². The highest BCUT2D eigenvalue weighted by molar-refractivity contribution is 5.64. The van der Waals surface area contributed by atoms with Crippen LogP contribution in [-0.4, -0.2) is 36.0 Å². The van der Waals surface area contributed by atoms with Crippen LogP contribution in [0.1, 0.15) is 19.3 Å².